The van der Waals surface area contributed by atoms with Gasteiger partial charge in [0, 0.05) is 18.7 Å². The van der Waals surface area contributed by atoms with E-state index in [1.165, 1.54) is 12.7 Å². The highest BCUT2D eigenvalue weighted by atomic mass is 16.3. The molecule has 90 valence electrons. The van der Waals surface area contributed by atoms with Gasteiger partial charge in [-0.1, -0.05) is 6.07 Å². The zero-order chi connectivity index (χ0) is 12.4. The van der Waals surface area contributed by atoms with Crippen LogP contribution in [0.1, 0.15) is 17.2 Å². The highest BCUT2D eigenvalue weighted by Gasteiger charge is 2.14. The van der Waals surface area contributed by atoms with Gasteiger partial charge >= 0.3 is 0 Å². The number of hydrogen-bond acceptors (Lipinski definition) is 5. The Labute approximate surface area is 104 Å². The maximum atomic E-state index is 5.85. The van der Waals surface area contributed by atoms with E-state index >= 15 is 0 Å². The van der Waals surface area contributed by atoms with E-state index in [1.54, 1.807) is 6.20 Å². The van der Waals surface area contributed by atoms with Crippen molar-refractivity contribution in [2.24, 2.45) is 5.73 Å². The fourth-order valence-electron chi connectivity index (χ4n) is 2.02. The molecule has 0 amide bonds. The summed E-state index contributed by atoms with van der Waals surface area (Å²) >= 11 is 0. The van der Waals surface area contributed by atoms with Gasteiger partial charge in [0.15, 0.2) is 12.0 Å². The molecular weight excluding hydrogens is 228 g/mol. The number of aromatic nitrogens is 3. The molecule has 0 saturated heterocycles. The van der Waals surface area contributed by atoms with Crippen molar-refractivity contribution in [3.63, 3.8) is 0 Å². The Morgan fingerprint density at radius 1 is 1.22 bits per heavy atom. The van der Waals surface area contributed by atoms with Crippen LogP contribution in [0, 0.1) is 0 Å². The van der Waals surface area contributed by atoms with Gasteiger partial charge < -0.3 is 10.2 Å². The molecular formula is C13H12N4O. The van der Waals surface area contributed by atoms with E-state index in [9.17, 15) is 0 Å². The fourth-order valence-corrected chi connectivity index (χ4v) is 2.02. The van der Waals surface area contributed by atoms with Crippen molar-refractivity contribution in [2.45, 2.75) is 5.92 Å². The zero-order valence-electron chi connectivity index (χ0n) is 9.65. The van der Waals surface area contributed by atoms with E-state index < -0.39 is 0 Å². The molecule has 3 aromatic rings. The van der Waals surface area contributed by atoms with Gasteiger partial charge in [0.25, 0.3) is 0 Å². The molecule has 18 heavy (non-hydrogen) atoms. The van der Waals surface area contributed by atoms with Crippen LogP contribution in [0.15, 0.2) is 47.6 Å². The van der Waals surface area contributed by atoms with Crippen LogP contribution in [0.5, 0.6) is 0 Å². The van der Waals surface area contributed by atoms with Gasteiger partial charge in [0.05, 0.1) is 5.69 Å². The van der Waals surface area contributed by atoms with Gasteiger partial charge in [-0.15, -0.1) is 0 Å². The van der Waals surface area contributed by atoms with E-state index in [1.807, 2.05) is 24.3 Å². The third-order valence-corrected chi connectivity index (χ3v) is 2.96. The summed E-state index contributed by atoms with van der Waals surface area (Å²) in [6.45, 7) is 0.483. The molecule has 0 radical (unpaired) electrons. The van der Waals surface area contributed by atoms with Crippen LogP contribution in [-0.4, -0.2) is 21.5 Å². The average molecular weight is 240 g/mol. The number of nitrogens with zero attached hydrogens (tertiary/aromatic N) is 3. The Morgan fingerprint density at radius 3 is 2.94 bits per heavy atom. The fraction of sp³-hybridized carbons (Fsp3) is 0.154. The maximum Gasteiger partial charge on any atom is 0.181 e. The van der Waals surface area contributed by atoms with Crippen molar-refractivity contribution in [1.29, 1.82) is 0 Å². The van der Waals surface area contributed by atoms with E-state index in [2.05, 4.69) is 15.0 Å². The molecule has 0 aliphatic heterocycles. The van der Waals surface area contributed by atoms with Crippen LogP contribution in [0.25, 0.3) is 11.1 Å². The molecule has 1 atom stereocenters. The molecule has 0 bridgehead atoms. The zero-order valence-corrected chi connectivity index (χ0v) is 9.65. The van der Waals surface area contributed by atoms with Crippen molar-refractivity contribution in [3.8, 4) is 0 Å². The summed E-state index contributed by atoms with van der Waals surface area (Å²) < 4.78 is 5.30. The van der Waals surface area contributed by atoms with Gasteiger partial charge in [-0.3, -0.25) is 0 Å². The second-order valence-electron chi connectivity index (χ2n) is 4.00. The minimum atomic E-state index is 0.0440. The first-order chi connectivity index (χ1) is 8.88. The van der Waals surface area contributed by atoms with Crippen molar-refractivity contribution < 1.29 is 4.42 Å². The lowest BCUT2D eigenvalue weighted by atomic mass is 9.95. The summed E-state index contributed by atoms with van der Waals surface area (Å²) in [5.74, 6) is 0.0440. The molecule has 2 aromatic heterocycles. The van der Waals surface area contributed by atoms with Crippen LogP contribution in [0.2, 0.25) is 0 Å². The maximum absolute atomic E-state index is 5.85. The van der Waals surface area contributed by atoms with E-state index in [-0.39, 0.29) is 5.92 Å². The van der Waals surface area contributed by atoms with Crippen LogP contribution in [0.3, 0.4) is 0 Å². The average Bonchev–Trinajstić information content (AvgIpc) is 2.88. The molecule has 3 rings (SSSR count). The Bertz CT molecular complexity index is 650. The molecule has 0 spiro atoms. The third-order valence-electron chi connectivity index (χ3n) is 2.96. The molecule has 5 heteroatoms. The normalized spacial score (nSPS) is 12.7. The summed E-state index contributed by atoms with van der Waals surface area (Å²) in [4.78, 5) is 12.3. The first kappa shape index (κ1) is 10.9. The molecule has 5 nitrogen and oxygen atoms in total. The Kier molecular flexibility index (Phi) is 2.74. The molecule has 1 unspecified atom stereocenters. The summed E-state index contributed by atoms with van der Waals surface area (Å²) in [7, 11) is 0. The van der Waals surface area contributed by atoms with Crippen LogP contribution < -0.4 is 5.73 Å². The second-order valence-corrected chi connectivity index (χ2v) is 4.00. The van der Waals surface area contributed by atoms with Crippen LogP contribution >= 0.6 is 0 Å². The standard InChI is InChI=1S/C13H12N4O/c14-6-10(11-3-4-15-7-16-11)9-1-2-12-13(5-9)18-8-17-12/h1-5,7-8,10H,6,14H2. The number of nitrogens with two attached hydrogens (primary N) is 1. The first-order valence-corrected chi connectivity index (χ1v) is 5.67. The van der Waals surface area contributed by atoms with Crippen molar-refractivity contribution in [1.82, 2.24) is 15.0 Å². The van der Waals surface area contributed by atoms with Gasteiger partial charge in [-0.05, 0) is 23.8 Å². The largest absolute Gasteiger partial charge is 0.443 e. The lowest BCUT2D eigenvalue weighted by Crippen LogP contribution is -2.15. The Morgan fingerprint density at radius 2 is 2.17 bits per heavy atom. The van der Waals surface area contributed by atoms with E-state index in [4.69, 9.17) is 10.2 Å². The van der Waals surface area contributed by atoms with Gasteiger partial charge in [-0.25, -0.2) is 15.0 Å². The van der Waals surface area contributed by atoms with Crippen LogP contribution in [0.4, 0.5) is 0 Å². The molecule has 0 aliphatic carbocycles. The van der Waals surface area contributed by atoms with Crippen LogP contribution in [-0.2, 0) is 0 Å². The highest BCUT2D eigenvalue weighted by molar-refractivity contribution is 5.73. The lowest BCUT2D eigenvalue weighted by molar-refractivity contribution is 0.601. The molecule has 2 N–H and O–H groups in total. The van der Waals surface area contributed by atoms with Crippen molar-refractivity contribution in [3.05, 3.63) is 54.4 Å². The second kappa shape index (κ2) is 4.54. The molecule has 0 fully saturated rings. The lowest BCUT2D eigenvalue weighted by Gasteiger charge is -2.13. The molecule has 1 aromatic carbocycles. The Balaban J connectivity index is 2.05. The summed E-state index contributed by atoms with van der Waals surface area (Å²) in [6, 6.07) is 7.77. The minimum absolute atomic E-state index is 0.0440. The van der Waals surface area contributed by atoms with Crippen molar-refractivity contribution in [2.75, 3.05) is 6.54 Å². The topological polar surface area (TPSA) is 77.8 Å². The van der Waals surface area contributed by atoms with Gasteiger partial charge in [-0.2, -0.15) is 0 Å². The van der Waals surface area contributed by atoms with E-state index in [0.29, 0.717) is 6.54 Å². The third kappa shape index (κ3) is 1.84. The van der Waals surface area contributed by atoms with E-state index in [0.717, 1.165) is 22.4 Å². The summed E-state index contributed by atoms with van der Waals surface area (Å²) in [5.41, 5.74) is 9.44. The molecule has 0 aliphatic rings. The summed E-state index contributed by atoms with van der Waals surface area (Å²) in [5, 5.41) is 0. The number of hydrogen-bond donors (Lipinski definition) is 1. The molecule has 2 heterocycles. The number of fused-ring (bicyclic) bond motifs is 1. The number of benzene rings is 1. The predicted octanol–water partition coefficient (Wildman–Crippen LogP) is 1.71. The van der Waals surface area contributed by atoms with Crippen molar-refractivity contribution >= 4 is 11.1 Å². The number of oxazole rings is 1. The van der Waals surface area contributed by atoms with Gasteiger partial charge in [0.2, 0.25) is 0 Å². The monoisotopic (exact) mass is 240 g/mol. The SMILES string of the molecule is NCC(c1ccc2ncoc2c1)c1ccncn1. The smallest absolute Gasteiger partial charge is 0.181 e. The Hall–Kier alpha value is -2.27. The minimum Gasteiger partial charge on any atom is -0.443 e. The summed E-state index contributed by atoms with van der Waals surface area (Å²) in [6.07, 6.45) is 4.69. The first-order valence-electron chi connectivity index (χ1n) is 5.67. The number of rotatable bonds is 3. The quantitative estimate of drug-likeness (QED) is 0.754. The highest BCUT2D eigenvalue weighted by Crippen LogP contribution is 2.24. The predicted molar refractivity (Wildman–Crippen MR) is 66.9 cm³/mol. The van der Waals surface area contributed by atoms with Gasteiger partial charge in [0.1, 0.15) is 11.8 Å². The molecule has 0 saturated carbocycles.